The van der Waals surface area contributed by atoms with Crippen LogP contribution in [0.25, 0.3) is 0 Å². The highest BCUT2D eigenvalue weighted by Crippen LogP contribution is 2.30. The molecule has 1 amide bonds. The largest absolute Gasteiger partial charge is 0.508 e. The molecule has 5 nitrogen and oxygen atoms in total. The average Bonchev–Trinajstić information content (AvgIpc) is 2.60. The molecule has 2 rings (SSSR count). The van der Waals surface area contributed by atoms with E-state index in [1.165, 1.54) is 23.1 Å². The van der Waals surface area contributed by atoms with E-state index < -0.39 is 21.4 Å². The van der Waals surface area contributed by atoms with Gasteiger partial charge >= 0.3 is 10.2 Å². The first-order chi connectivity index (χ1) is 8.29. The third-order valence-electron chi connectivity index (χ3n) is 2.96. The summed E-state index contributed by atoms with van der Waals surface area (Å²) >= 11 is 0. The first kappa shape index (κ1) is 12.8. The van der Waals surface area contributed by atoms with Crippen molar-refractivity contribution in [1.29, 1.82) is 0 Å². The summed E-state index contributed by atoms with van der Waals surface area (Å²) in [6.45, 7) is 1.49. The molecule has 0 bridgehead atoms. The van der Waals surface area contributed by atoms with E-state index in [-0.39, 0.29) is 18.7 Å². The number of carbonyl (C=O) groups excluding carboxylic acids is 1. The van der Waals surface area contributed by atoms with Gasteiger partial charge in [0.2, 0.25) is 5.91 Å². The Morgan fingerprint density at radius 2 is 2.11 bits per heavy atom. The van der Waals surface area contributed by atoms with Crippen LogP contribution in [0.5, 0.6) is 5.75 Å². The van der Waals surface area contributed by atoms with Gasteiger partial charge in [-0.3, -0.25) is 4.79 Å². The molecule has 1 fully saturated rings. The number of halogens is 1. The number of rotatable bonds is 2. The van der Waals surface area contributed by atoms with Gasteiger partial charge in [0.05, 0.1) is 0 Å². The SMILES string of the molecule is Cc1cc(O)ccc1N1CC(S(=O)(=O)F)CC1=O. The molecule has 1 aliphatic heterocycles. The smallest absolute Gasteiger partial charge is 0.307 e. The van der Waals surface area contributed by atoms with Crippen LogP contribution in [0.4, 0.5) is 9.57 Å². The minimum atomic E-state index is -4.71. The van der Waals surface area contributed by atoms with Crippen LogP contribution in [0.2, 0.25) is 0 Å². The van der Waals surface area contributed by atoms with Crippen LogP contribution in [-0.4, -0.2) is 31.2 Å². The highest BCUT2D eigenvalue weighted by molar-refractivity contribution is 7.87. The van der Waals surface area contributed by atoms with E-state index in [0.29, 0.717) is 11.3 Å². The third kappa shape index (κ3) is 2.31. The summed E-state index contributed by atoms with van der Waals surface area (Å²) in [6, 6.07) is 4.36. The molecular formula is C11H12FNO4S. The van der Waals surface area contributed by atoms with Crippen molar-refractivity contribution in [2.24, 2.45) is 0 Å². The molecule has 1 heterocycles. The molecule has 0 saturated carbocycles. The second kappa shape index (κ2) is 4.24. The van der Waals surface area contributed by atoms with Crippen molar-refractivity contribution in [2.75, 3.05) is 11.4 Å². The molecule has 1 unspecified atom stereocenters. The zero-order valence-electron chi connectivity index (χ0n) is 9.63. The van der Waals surface area contributed by atoms with Gasteiger partial charge in [-0.05, 0) is 30.7 Å². The second-order valence-electron chi connectivity index (χ2n) is 4.28. The van der Waals surface area contributed by atoms with Crippen molar-refractivity contribution in [3.05, 3.63) is 23.8 Å². The molecule has 1 saturated heterocycles. The van der Waals surface area contributed by atoms with Gasteiger partial charge in [-0.15, -0.1) is 3.89 Å². The highest BCUT2D eigenvalue weighted by Gasteiger charge is 2.39. The highest BCUT2D eigenvalue weighted by atomic mass is 32.3. The van der Waals surface area contributed by atoms with Gasteiger partial charge < -0.3 is 10.0 Å². The van der Waals surface area contributed by atoms with Gasteiger partial charge in [0, 0.05) is 18.7 Å². The van der Waals surface area contributed by atoms with E-state index in [4.69, 9.17) is 0 Å². The quantitative estimate of drug-likeness (QED) is 0.819. The molecule has 1 aromatic rings. The standard InChI is InChI=1S/C11H12FNO4S/c1-7-4-8(14)2-3-10(7)13-6-9(5-11(13)15)18(12,16)17/h2-4,9,14H,5-6H2,1H3. The summed E-state index contributed by atoms with van der Waals surface area (Å²) in [5.74, 6) is -0.382. The molecule has 1 N–H and O–H groups in total. The van der Waals surface area contributed by atoms with E-state index in [1.54, 1.807) is 6.92 Å². The number of hydrogen-bond acceptors (Lipinski definition) is 4. The lowest BCUT2D eigenvalue weighted by atomic mass is 10.2. The summed E-state index contributed by atoms with van der Waals surface area (Å²) in [5, 5.41) is 7.96. The van der Waals surface area contributed by atoms with Gasteiger partial charge in [0.15, 0.2) is 0 Å². The van der Waals surface area contributed by atoms with Gasteiger partial charge in [-0.2, -0.15) is 8.42 Å². The molecule has 18 heavy (non-hydrogen) atoms. The van der Waals surface area contributed by atoms with E-state index in [1.807, 2.05) is 0 Å². The molecular weight excluding hydrogens is 261 g/mol. The lowest BCUT2D eigenvalue weighted by molar-refractivity contribution is -0.117. The van der Waals surface area contributed by atoms with Crippen molar-refractivity contribution in [3.63, 3.8) is 0 Å². The Bertz CT molecular complexity index is 599. The normalized spacial score (nSPS) is 20.4. The minimum absolute atomic E-state index is 0.0533. The van der Waals surface area contributed by atoms with Gasteiger partial charge in [-0.1, -0.05) is 0 Å². The summed E-state index contributed by atoms with van der Waals surface area (Å²) < 4.78 is 34.5. The third-order valence-corrected chi connectivity index (χ3v) is 4.07. The summed E-state index contributed by atoms with van der Waals surface area (Å²) in [5.41, 5.74) is 1.12. The van der Waals surface area contributed by atoms with Crippen molar-refractivity contribution in [2.45, 2.75) is 18.6 Å². The molecule has 0 radical (unpaired) electrons. The summed E-state index contributed by atoms with van der Waals surface area (Å²) in [7, 11) is -4.71. The number of anilines is 1. The van der Waals surface area contributed by atoms with Crippen LogP contribution in [-0.2, 0) is 15.0 Å². The zero-order chi connectivity index (χ0) is 13.5. The zero-order valence-corrected chi connectivity index (χ0v) is 10.4. The minimum Gasteiger partial charge on any atom is -0.508 e. The second-order valence-corrected chi connectivity index (χ2v) is 5.89. The maximum absolute atomic E-state index is 12.9. The lowest BCUT2D eigenvalue weighted by Gasteiger charge is -2.18. The van der Waals surface area contributed by atoms with Crippen LogP contribution < -0.4 is 4.90 Å². The van der Waals surface area contributed by atoms with E-state index in [0.717, 1.165) is 0 Å². The number of amides is 1. The Balaban J connectivity index is 2.33. The molecule has 98 valence electrons. The summed E-state index contributed by atoms with van der Waals surface area (Å²) in [6.07, 6.45) is -0.348. The molecule has 0 aliphatic carbocycles. The van der Waals surface area contributed by atoms with Crippen molar-refractivity contribution >= 4 is 21.8 Å². The first-order valence-electron chi connectivity index (χ1n) is 5.32. The first-order valence-corrected chi connectivity index (χ1v) is 6.77. The van der Waals surface area contributed by atoms with Crippen LogP contribution in [0.3, 0.4) is 0 Å². The Kier molecular flexibility index (Phi) is 3.02. The van der Waals surface area contributed by atoms with Crippen LogP contribution in [0.15, 0.2) is 18.2 Å². The number of phenols is 1. The molecule has 1 atom stereocenters. The fraction of sp³-hybridized carbons (Fsp3) is 0.364. The number of benzene rings is 1. The van der Waals surface area contributed by atoms with Crippen LogP contribution in [0, 0.1) is 6.92 Å². The number of phenolic OH excluding ortho intramolecular Hbond substituents is 1. The number of aryl methyl sites for hydroxylation is 1. The van der Waals surface area contributed by atoms with Crippen LogP contribution >= 0.6 is 0 Å². The predicted molar refractivity (Wildman–Crippen MR) is 63.6 cm³/mol. The van der Waals surface area contributed by atoms with E-state index >= 15 is 0 Å². The van der Waals surface area contributed by atoms with Crippen molar-refractivity contribution < 1.29 is 22.2 Å². The van der Waals surface area contributed by atoms with Gasteiger partial charge in [-0.25, -0.2) is 0 Å². The van der Waals surface area contributed by atoms with E-state index in [2.05, 4.69) is 0 Å². The number of nitrogens with zero attached hydrogens (tertiary/aromatic N) is 1. The van der Waals surface area contributed by atoms with Gasteiger partial charge in [0.1, 0.15) is 11.0 Å². The average molecular weight is 273 g/mol. The Labute approximate surface area is 104 Å². The maximum atomic E-state index is 12.9. The summed E-state index contributed by atoms with van der Waals surface area (Å²) in [4.78, 5) is 12.9. The monoisotopic (exact) mass is 273 g/mol. The maximum Gasteiger partial charge on any atom is 0.307 e. The fourth-order valence-corrected chi connectivity index (χ4v) is 2.71. The molecule has 1 aliphatic rings. The fourth-order valence-electron chi connectivity index (χ4n) is 2.04. The van der Waals surface area contributed by atoms with Crippen molar-refractivity contribution in [3.8, 4) is 5.75 Å². The Morgan fingerprint density at radius 1 is 1.44 bits per heavy atom. The van der Waals surface area contributed by atoms with Gasteiger partial charge in [0.25, 0.3) is 0 Å². The molecule has 1 aromatic carbocycles. The van der Waals surface area contributed by atoms with Crippen LogP contribution in [0.1, 0.15) is 12.0 Å². The number of aromatic hydroxyl groups is 1. The van der Waals surface area contributed by atoms with E-state index in [9.17, 15) is 22.2 Å². The predicted octanol–water partition coefficient (Wildman–Crippen LogP) is 1.11. The topological polar surface area (TPSA) is 74.7 Å². The molecule has 7 heteroatoms. The van der Waals surface area contributed by atoms with Crippen molar-refractivity contribution in [1.82, 2.24) is 0 Å². The lowest BCUT2D eigenvalue weighted by Crippen LogP contribution is -2.27. The number of hydrogen-bond donors (Lipinski definition) is 1. The molecule has 0 aromatic heterocycles. The Morgan fingerprint density at radius 3 is 2.61 bits per heavy atom. The number of carbonyl (C=O) groups is 1. The Hall–Kier alpha value is -1.63. The molecule has 0 spiro atoms.